The van der Waals surface area contributed by atoms with Crippen molar-refractivity contribution < 1.29 is 4.74 Å². The van der Waals surface area contributed by atoms with Crippen LogP contribution in [-0.2, 0) is 0 Å². The highest BCUT2D eigenvalue weighted by atomic mass is 16.5. The minimum absolute atomic E-state index is 0.296. The maximum Gasteiger partial charge on any atom is 0.221 e. The molecular weight excluding hydrogens is 238 g/mol. The van der Waals surface area contributed by atoms with Crippen molar-refractivity contribution in [1.29, 1.82) is 0 Å². The molecule has 108 valence electrons. The van der Waals surface area contributed by atoms with Gasteiger partial charge < -0.3 is 10.1 Å². The fourth-order valence-electron chi connectivity index (χ4n) is 1.57. The normalized spacial score (nSPS) is 11.2. The largest absolute Gasteiger partial charge is 0.477 e. The smallest absolute Gasteiger partial charge is 0.221 e. The number of nitrogens with zero attached hydrogens (tertiary/aromatic N) is 2. The van der Waals surface area contributed by atoms with Gasteiger partial charge in [0.1, 0.15) is 11.6 Å². The molecule has 0 spiro atoms. The maximum atomic E-state index is 5.82. The Morgan fingerprint density at radius 2 is 1.84 bits per heavy atom. The lowest BCUT2D eigenvalue weighted by molar-refractivity contribution is 0.258. The van der Waals surface area contributed by atoms with Crippen LogP contribution in [-0.4, -0.2) is 23.1 Å². The summed E-state index contributed by atoms with van der Waals surface area (Å²) >= 11 is 0. The number of ether oxygens (including phenoxy) is 1. The third-order valence-corrected chi connectivity index (χ3v) is 2.73. The van der Waals surface area contributed by atoms with Crippen LogP contribution in [0.15, 0.2) is 0 Å². The van der Waals surface area contributed by atoms with Crippen molar-refractivity contribution in [1.82, 2.24) is 9.97 Å². The van der Waals surface area contributed by atoms with E-state index in [1.54, 1.807) is 0 Å². The first-order chi connectivity index (χ1) is 8.95. The van der Waals surface area contributed by atoms with Gasteiger partial charge in [-0.1, -0.05) is 34.6 Å². The van der Waals surface area contributed by atoms with E-state index in [0.717, 1.165) is 30.2 Å². The lowest BCUT2D eigenvalue weighted by Crippen LogP contribution is -2.13. The van der Waals surface area contributed by atoms with Crippen LogP contribution in [0.3, 0.4) is 0 Å². The Morgan fingerprint density at radius 3 is 2.37 bits per heavy atom. The van der Waals surface area contributed by atoms with Gasteiger partial charge in [0.2, 0.25) is 5.88 Å². The van der Waals surface area contributed by atoms with Crippen LogP contribution in [0.25, 0.3) is 0 Å². The molecule has 0 bridgehead atoms. The second kappa shape index (κ2) is 7.31. The van der Waals surface area contributed by atoms with Crippen LogP contribution >= 0.6 is 0 Å². The molecule has 0 fully saturated rings. The van der Waals surface area contributed by atoms with Crippen molar-refractivity contribution in [3.05, 3.63) is 11.4 Å². The van der Waals surface area contributed by atoms with E-state index < -0.39 is 0 Å². The van der Waals surface area contributed by atoms with Gasteiger partial charge in [0.05, 0.1) is 12.2 Å². The predicted octanol–water partition coefficient (Wildman–Crippen LogP) is 3.77. The minimum Gasteiger partial charge on any atom is -0.477 e. The molecular formula is C15H27N3O. The molecule has 0 radical (unpaired) electrons. The molecule has 1 rings (SSSR count). The summed E-state index contributed by atoms with van der Waals surface area (Å²) in [6.45, 7) is 14.2. The highest BCUT2D eigenvalue weighted by Crippen LogP contribution is 2.25. The standard InChI is InChI=1S/C15H27N3O/c1-7-8-16-14-12(6)15(19-9-10(2)3)18-13(17-14)11(4)5/h10-11H,7-9H2,1-6H3,(H,16,17,18). The molecule has 0 aliphatic heterocycles. The second-order valence-electron chi connectivity index (χ2n) is 5.65. The zero-order chi connectivity index (χ0) is 14.4. The van der Waals surface area contributed by atoms with E-state index >= 15 is 0 Å². The number of aromatic nitrogens is 2. The van der Waals surface area contributed by atoms with Gasteiger partial charge in [-0.2, -0.15) is 4.98 Å². The van der Waals surface area contributed by atoms with Crippen LogP contribution in [0.5, 0.6) is 5.88 Å². The molecule has 0 saturated carbocycles. The summed E-state index contributed by atoms with van der Waals surface area (Å²) in [7, 11) is 0. The van der Waals surface area contributed by atoms with Gasteiger partial charge in [-0.15, -0.1) is 0 Å². The Hall–Kier alpha value is -1.32. The average molecular weight is 265 g/mol. The number of hydrogen-bond donors (Lipinski definition) is 1. The molecule has 1 aromatic rings. The quantitative estimate of drug-likeness (QED) is 0.815. The molecule has 1 N–H and O–H groups in total. The first-order valence-corrected chi connectivity index (χ1v) is 7.20. The topological polar surface area (TPSA) is 47.0 Å². The van der Waals surface area contributed by atoms with Crippen LogP contribution in [0.2, 0.25) is 0 Å². The van der Waals surface area contributed by atoms with Gasteiger partial charge in [0, 0.05) is 12.5 Å². The molecule has 19 heavy (non-hydrogen) atoms. The molecule has 0 aliphatic carbocycles. The third-order valence-electron chi connectivity index (χ3n) is 2.73. The maximum absolute atomic E-state index is 5.82. The fourth-order valence-corrected chi connectivity index (χ4v) is 1.57. The van der Waals surface area contributed by atoms with E-state index in [9.17, 15) is 0 Å². The van der Waals surface area contributed by atoms with E-state index in [1.165, 1.54) is 0 Å². The Balaban J connectivity index is 3.02. The van der Waals surface area contributed by atoms with Crippen molar-refractivity contribution in [3.8, 4) is 5.88 Å². The summed E-state index contributed by atoms with van der Waals surface area (Å²) in [5.74, 6) is 3.24. The molecule has 0 atom stereocenters. The van der Waals surface area contributed by atoms with Gasteiger partial charge in [0.25, 0.3) is 0 Å². The molecule has 0 saturated heterocycles. The van der Waals surface area contributed by atoms with Crippen LogP contribution in [0.1, 0.15) is 58.3 Å². The van der Waals surface area contributed by atoms with Crippen molar-refractivity contribution in [2.75, 3.05) is 18.5 Å². The number of nitrogens with one attached hydrogen (secondary N) is 1. The van der Waals surface area contributed by atoms with E-state index in [4.69, 9.17) is 4.74 Å². The van der Waals surface area contributed by atoms with Gasteiger partial charge in [-0.25, -0.2) is 4.98 Å². The van der Waals surface area contributed by atoms with Gasteiger partial charge in [-0.3, -0.25) is 0 Å². The summed E-state index contributed by atoms with van der Waals surface area (Å²) in [4.78, 5) is 9.13. The highest BCUT2D eigenvalue weighted by molar-refractivity contribution is 5.48. The average Bonchev–Trinajstić information content (AvgIpc) is 2.35. The molecule has 0 amide bonds. The Kier molecular flexibility index (Phi) is 6.06. The van der Waals surface area contributed by atoms with Crippen molar-refractivity contribution in [2.45, 2.75) is 53.9 Å². The van der Waals surface area contributed by atoms with Crippen LogP contribution < -0.4 is 10.1 Å². The van der Waals surface area contributed by atoms with E-state index in [1.807, 2.05) is 6.92 Å². The van der Waals surface area contributed by atoms with Crippen molar-refractivity contribution >= 4 is 5.82 Å². The SMILES string of the molecule is CCCNc1nc(C(C)C)nc(OCC(C)C)c1C. The monoisotopic (exact) mass is 265 g/mol. The molecule has 1 heterocycles. The molecule has 1 aromatic heterocycles. The summed E-state index contributed by atoms with van der Waals surface area (Å²) in [5, 5.41) is 3.35. The predicted molar refractivity (Wildman–Crippen MR) is 80.0 cm³/mol. The molecule has 4 heteroatoms. The van der Waals surface area contributed by atoms with Gasteiger partial charge >= 0.3 is 0 Å². The summed E-state index contributed by atoms with van der Waals surface area (Å²) < 4.78 is 5.82. The lowest BCUT2D eigenvalue weighted by Gasteiger charge is -2.16. The van der Waals surface area contributed by atoms with Crippen molar-refractivity contribution in [2.24, 2.45) is 5.92 Å². The second-order valence-corrected chi connectivity index (χ2v) is 5.65. The van der Waals surface area contributed by atoms with Crippen LogP contribution in [0.4, 0.5) is 5.82 Å². The molecule has 0 unspecified atom stereocenters. The lowest BCUT2D eigenvalue weighted by atomic mass is 10.2. The first-order valence-electron chi connectivity index (χ1n) is 7.20. The third kappa shape index (κ3) is 4.69. The first kappa shape index (κ1) is 15.7. The summed E-state index contributed by atoms with van der Waals surface area (Å²) in [5.41, 5.74) is 0.999. The van der Waals surface area contributed by atoms with E-state index in [2.05, 4.69) is 49.9 Å². The fraction of sp³-hybridized carbons (Fsp3) is 0.733. The molecule has 0 aromatic carbocycles. The minimum atomic E-state index is 0.296. The summed E-state index contributed by atoms with van der Waals surface area (Å²) in [6, 6.07) is 0. The zero-order valence-electron chi connectivity index (χ0n) is 13.1. The van der Waals surface area contributed by atoms with Gasteiger partial charge in [-0.05, 0) is 19.3 Å². The molecule has 4 nitrogen and oxygen atoms in total. The van der Waals surface area contributed by atoms with E-state index in [-0.39, 0.29) is 0 Å². The Labute approximate surface area is 117 Å². The highest BCUT2D eigenvalue weighted by Gasteiger charge is 2.14. The van der Waals surface area contributed by atoms with Crippen molar-refractivity contribution in [3.63, 3.8) is 0 Å². The van der Waals surface area contributed by atoms with E-state index in [0.29, 0.717) is 24.3 Å². The summed E-state index contributed by atoms with van der Waals surface area (Å²) in [6.07, 6.45) is 1.07. The zero-order valence-corrected chi connectivity index (χ0v) is 13.1. The number of hydrogen-bond acceptors (Lipinski definition) is 4. The molecule has 0 aliphatic rings. The van der Waals surface area contributed by atoms with Gasteiger partial charge in [0.15, 0.2) is 0 Å². The van der Waals surface area contributed by atoms with Crippen LogP contribution in [0, 0.1) is 12.8 Å². The Morgan fingerprint density at radius 1 is 1.16 bits per heavy atom. The number of anilines is 1. The Bertz CT molecular complexity index is 403. The number of rotatable bonds is 7.